The second-order valence-corrected chi connectivity index (χ2v) is 8.68. The SMILES string of the molecule is COc1ccc(C2=NN3[C@@H](C2)c2ccccc2O[C@@]32C(=O)Nc3ccc(Br)cc32)cc1. The molecule has 0 fully saturated rings. The second-order valence-electron chi connectivity index (χ2n) is 7.77. The van der Waals surface area contributed by atoms with Crippen molar-refractivity contribution in [3.8, 4) is 11.5 Å². The van der Waals surface area contributed by atoms with E-state index in [0.29, 0.717) is 12.2 Å². The fraction of sp³-hybridized carbons (Fsp3) is 0.167. The Balaban J connectivity index is 1.54. The van der Waals surface area contributed by atoms with E-state index in [0.717, 1.165) is 38.3 Å². The zero-order chi connectivity index (χ0) is 21.2. The molecule has 154 valence electrons. The lowest BCUT2D eigenvalue weighted by Crippen LogP contribution is -2.55. The minimum Gasteiger partial charge on any atom is -0.497 e. The highest BCUT2D eigenvalue weighted by molar-refractivity contribution is 9.10. The molecule has 3 aromatic rings. The van der Waals surface area contributed by atoms with Crippen LogP contribution in [0.15, 0.2) is 76.3 Å². The first-order chi connectivity index (χ1) is 15.1. The molecule has 6 rings (SSSR count). The fourth-order valence-corrected chi connectivity index (χ4v) is 4.98. The van der Waals surface area contributed by atoms with Gasteiger partial charge in [-0.3, -0.25) is 4.79 Å². The number of ether oxygens (including phenoxy) is 2. The maximum atomic E-state index is 13.4. The van der Waals surface area contributed by atoms with Gasteiger partial charge < -0.3 is 14.8 Å². The molecule has 0 bridgehead atoms. The average molecular weight is 476 g/mol. The van der Waals surface area contributed by atoms with Gasteiger partial charge in [0.2, 0.25) is 0 Å². The number of methoxy groups -OCH3 is 1. The Morgan fingerprint density at radius 2 is 1.97 bits per heavy atom. The first-order valence-electron chi connectivity index (χ1n) is 10.0. The Labute approximate surface area is 187 Å². The van der Waals surface area contributed by atoms with E-state index in [2.05, 4.69) is 21.2 Å². The summed E-state index contributed by atoms with van der Waals surface area (Å²) in [4.78, 5) is 13.4. The molecule has 6 nitrogen and oxygen atoms in total. The highest BCUT2D eigenvalue weighted by Gasteiger charge is 2.60. The molecule has 0 saturated heterocycles. The number of hydrogen-bond acceptors (Lipinski definition) is 5. The summed E-state index contributed by atoms with van der Waals surface area (Å²) in [6, 6.07) is 21.3. The van der Waals surface area contributed by atoms with Gasteiger partial charge in [-0.25, -0.2) is 5.01 Å². The summed E-state index contributed by atoms with van der Waals surface area (Å²) >= 11 is 3.54. The van der Waals surface area contributed by atoms with Crippen molar-refractivity contribution >= 4 is 33.2 Å². The summed E-state index contributed by atoms with van der Waals surface area (Å²) in [5.74, 6) is 1.26. The molecule has 3 aliphatic heterocycles. The van der Waals surface area contributed by atoms with E-state index in [9.17, 15) is 4.79 Å². The summed E-state index contributed by atoms with van der Waals surface area (Å²) in [7, 11) is 1.65. The Hall–Kier alpha value is -3.32. The zero-order valence-corrected chi connectivity index (χ0v) is 18.2. The van der Waals surface area contributed by atoms with Crippen molar-refractivity contribution in [3.63, 3.8) is 0 Å². The quantitative estimate of drug-likeness (QED) is 0.577. The maximum Gasteiger partial charge on any atom is 0.306 e. The van der Waals surface area contributed by atoms with Crippen LogP contribution >= 0.6 is 15.9 Å². The minimum atomic E-state index is -1.35. The van der Waals surface area contributed by atoms with Gasteiger partial charge in [0.05, 0.1) is 30.1 Å². The van der Waals surface area contributed by atoms with E-state index in [4.69, 9.17) is 14.6 Å². The number of nitrogens with zero attached hydrogens (tertiary/aromatic N) is 2. The van der Waals surface area contributed by atoms with Crippen LogP contribution < -0.4 is 14.8 Å². The predicted molar refractivity (Wildman–Crippen MR) is 120 cm³/mol. The monoisotopic (exact) mass is 475 g/mol. The molecule has 0 unspecified atom stereocenters. The number of benzene rings is 3. The molecule has 3 heterocycles. The van der Waals surface area contributed by atoms with E-state index in [-0.39, 0.29) is 11.9 Å². The number of hydrogen-bond donors (Lipinski definition) is 1. The summed E-state index contributed by atoms with van der Waals surface area (Å²) < 4.78 is 12.6. The molecule has 1 spiro atoms. The van der Waals surface area contributed by atoms with E-state index in [1.54, 1.807) is 7.11 Å². The smallest absolute Gasteiger partial charge is 0.306 e. The minimum absolute atomic E-state index is 0.113. The number of nitrogens with one attached hydrogen (secondary N) is 1. The summed E-state index contributed by atoms with van der Waals surface area (Å²) in [6.45, 7) is 0. The molecule has 2 atom stereocenters. The lowest BCUT2D eigenvalue weighted by Gasteiger charge is -2.44. The van der Waals surface area contributed by atoms with Gasteiger partial charge >= 0.3 is 5.72 Å². The fourth-order valence-electron chi connectivity index (χ4n) is 4.62. The van der Waals surface area contributed by atoms with E-state index >= 15 is 0 Å². The topological polar surface area (TPSA) is 63.2 Å². The maximum absolute atomic E-state index is 13.4. The molecule has 1 amide bonds. The molecule has 0 aliphatic carbocycles. The number of carbonyl (C=O) groups is 1. The van der Waals surface area contributed by atoms with Gasteiger partial charge in [0.25, 0.3) is 5.91 Å². The molecular weight excluding hydrogens is 458 g/mol. The van der Waals surface area contributed by atoms with Crippen molar-refractivity contribution < 1.29 is 14.3 Å². The molecular formula is C24H18BrN3O3. The van der Waals surface area contributed by atoms with Crippen molar-refractivity contribution in [2.45, 2.75) is 18.2 Å². The van der Waals surface area contributed by atoms with Crippen molar-refractivity contribution in [1.29, 1.82) is 0 Å². The lowest BCUT2D eigenvalue weighted by atomic mass is 9.92. The van der Waals surface area contributed by atoms with Crippen LogP contribution in [0.25, 0.3) is 0 Å². The summed E-state index contributed by atoms with van der Waals surface area (Å²) in [5.41, 5.74) is 3.06. The number of anilines is 1. The molecule has 0 aromatic heterocycles. The van der Waals surface area contributed by atoms with Gasteiger partial charge in [-0.05, 0) is 54.1 Å². The lowest BCUT2D eigenvalue weighted by molar-refractivity contribution is -0.161. The zero-order valence-electron chi connectivity index (χ0n) is 16.6. The first kappa shape index (κ1) is 18.4. The van der Waals surface area contributed by atoms with Crippen LogP contribution in [0.1, 0.15) is 29.2 Å². The first-order valence-corrected chi connectivity index (χ1v) is 10.8. The number of hydrazone groups is 1. The van der Waals surface area contributed by atoms with Gasteiger partial charge in [0.15, 0.2) is 0 Å². The number of fused-ring (bicyclic) bond motifs is 6. The number of halogens is 1. The van der Waals surface area contributed by atoms with Gasteiger partial charge in [0.1, 0.15) is 11.5 Å². The number of para-hydroxylation sites is 1. The van der Waals surface area contributed by atoms with E-state index in [1.807, 2.05) is 71.7 Å². The van der Waals surface area contributed by atoms with Gasteiger partial charge in [0, 0.05) is 16.5 Å². The van der Waals surface area contributed by atoms with Crippen molar-refractivity contribution in [2.75, 3.05) is 12.4 Å². The molecule has 0 radical (unpaired) electrons. The highest BCUT2D eigenvalue weighted by Crippen LogP contribution is 2.54. The van der Waals surface area contributed by atoms with E-state index in [1.165, 1.54) is 0 Å². The Morgan fingerprint density at radius 1 is 1.16 bits per heavy atom. The van der Waals surface area contributed by atoms with Crippen LogP contribution in [0, 0.1) is 0 Å². The second kappa shape index (κ2) is 6.59. The summed E-state index contributed by atoms with van der Waals surface area (Å²) in [6.07, 6.45) is 0.672. The Morgan fingerprint density at radius 3 is 2.77 bits per heavy atom. The van der Waals surface area contributed by atoms with Crippen LogP contribution in [0.3, 0.4) is 0 Å². The van der Waals surface area contributed by atoms with Crippen LogP contribution in [0.4, 0.5) is 5.69 Å². The van der Waals surface area contributed by atoms with Crippen molar-refractivity contribution in [1.82, 2.24) is 5.01 Å². The average Bonchev–Trinajstić information content (AvgIpc) is 3.35. The molecule has 1 N–H and O–H groups in total. The third-order valence-electron chi connectivity index (χ3n) is 6.09. The summed E-state index contributed by atoms with van der Waals surface area (Å²) in [5, 5.41) is 9.78. The normalized spacial score (nSPS) is 22.9. The third kappa shape index (κ3) is 2.56. The van der Waals surface area contributed by atoms with Crippen molar-refractivity contribution in [3.05, 3.63) is 87.9 Å². The number of carbonyl (C=O) groups excluding carboxylic acids is 1. The van der Waals surface area contributed by atoms with Crippen LogP contribution in [0.5, 0.6) is 11.5 Å². The molecule has 3 aliphatic rings. The van der Waals surface area contributed by atoms with Gasteiger partial charge in [-0.15, -0.1) is 0 Å². The molecule has 0 saturated carbocycles. The predicted octanol–water partition coefficient (Wildman–Crippen LogP) is 4.81. The van der Waals surface area contributed by atoms with Crippen LogP contribution in [-0.4, -0.2) is 23.7 Å². The van der Waals surface area contributed by atoms with Crippen LogP contribution in [-0.2, 0) is 10.5 Å². The van der Waals surface area contributed by atoms with Gasteiger partial charge in [-0.2, -0.15) is 5.10 Å². The molecule has 7 heteroatoms. The number of amides is 1. The largest absolute Gasteiger partial charge is 0.497 e. The van der Waals surface area contributed by atoms with Gasteiger partial charge in [-0.1, -0.05) is 34.1 Å². The standard InChI is InChI=1S/C24H18BrN3O3/c1-30-16-9-6-14(7-10-16)20-13-21-17-4-2-3-5-22(17)31-24(28(21)27-20)18-12-15(25)8-11-19(18)26-23(24)29/h2-12,21H,13H2,1H3,(H,26,29)/t21-,24-/m0/s1. The Bertz CT molecular complexity index is 1260. The number of rotatable bonds is 2. The third-order valence-corrected chi connectivity index (χ3v) is 6.59. The molecule has 3 aromatic carbocycles. The Kier molecular flexibility index (Phi) is 3.92. The van der Waals surface area contributed by atoms with Crippen molar-refractivity contribution in [2.24, 2.45) is 5.10 Å². The van der Waals surface area contributed by atoms with E-state index < -0.39 is 5.72 Å². The highest BCUT2D eigenvalue weighted by atomic mass is 79.9. The van der Waals surface area contributed by atoms with Crippen LogP contribution in [0.2, 0.25) is 0 Å². The molecule has 31 heavy (non-hydrogen) atoms.